The molecule has 5 rings (SSSR count). The van der Waals surface area contributed by atoms with Crippen LogP contribution in [0.25, 0.3) is 10.9 Å². The predicted molar refractivity (Wildman–Crippen MR) is 99.4 cm³/mol. The van der Waals surface area contributed by atoms with Gasteiger partial charge in [-0.1, -0.05) is 29.8 Å². The Morgan fingerprint density at radius 1 is 1.11 bits per heavy atom. The first-order valence-electron chi connectivity index (χ1n) is 9.17. The second-order valence-corrected chi connectivity index (χ2v) is 7.93. The molecule has 2 bridgehead atoms. The number of likely N-dealkylation sites (tertiary alicyclic amines) is 2. The van der Waals surface area contributed by atoms with Crippen LogP contribution in [0.2, 0.25) is 5.02 Å². The van der Waals surface area contributed by atoms with E-state index < -0.39 is 0 Å². The highest BCUT2D eigenvalue weighted by Gasteiger charge is 2.49. The van der Waals surface area contributed by atoms with Crippen LogP contribution in [0, 0.1) is 5.92 Å². The van der Waals surface area contributed by atoms with E-state index in [0.717, 1.165) is 17.3 Å². The highest BCUT2D eigenvalue weighted by Crippen LogP contribution is 2.35. The minimum atomic E-state index is -0.274. The van der Waals surface area contributed by atoms with E-state index in [0.29, 0.717) is 30.4 Å². The Balaban J connectivity index is 1.33. The maximum absolute atomic E-state index is 13.1. The van der Waals surface area contributed by atoms with Crippen LogP contribution in [0.5, 0.6) is 0 Å². The molecule has 3 fully saturated rings. The Labute approximate surface area is 160 Å². The molecule has 0 saturated carbocycles. The van der Waals surface area contributed by atoms with E-state index in [2.05, 4.69) is 10.3 Å². The number of piperazine rings is 1. The third-order valence-electron chi connectivity index (χ3n) is 5.97. The fraction of sp³-hybridized carbons (Fsp3) is 0.421. The molecular formula is C19H19ClN4O3. The Morgan fingerprint density at radius 3 is 2.52 bits per heavy atom. The number of nitrogens with one attached hydrogen (secondary N) is 2. The van der Waals surface area contributed by atoms with Gasteiger partial charge < -0.3 is 20.1 Å². The summed E-state index contributed by atoms with van der Waals surface area (Å²) in [6.07, 6.45) is 1.05. The van der Waals surface area contributed by atoms with Gasteiger partial charge in [-0.2, -0.15) is 0 Å². The standard InChI is InChI=1S/C19H19ClN4O3/c20-16-13-3-1-2-4-14(13)22-17(16)19(27)24-9-11-6-12(24)8-23(11)18(26)10-5-15(25)21-7-10/h1-4,10-12,22H,5-9H2,(H,21,25)/t10-,11-,12-/m0/s1. The lowest BCUT2D eigenvalue weighted by Crippen LogP contribution is -2.52. The summed E-state index contributed by atoms with van der Waals surface area (Å²) < 4.78 is 0. The summed E-state index contributed by atoms with van der Waals surface area (Å²) in [5, 5.41) is 4.00. The quantitative estimate of drug-likeness (QED) is 0.817. The van der Waals surface area contributed by atoms with Crippen molar-refractivity contribution in [3.8, 4) is 0 Å². The number of nitrogens with zero attached hydrogens (tertiary/aromatic N) is 2. The van der Waals surface area contributed by atoms with Crippen LogP contribution in [0.4, 0.5) is 0 Å². The van der Waals surface area contributed by atoms with Gasteiger partial charge in [-0.15, -0.1) is 0 Å². The number of amides is 3. The van der Waals surface area contributed by atoms with Gasteiger partial charge in [0.05, 0.1) is 23.0 Å². The zero-order valence-corrected chi connectivity index (χ0v) is 15.3. The van der Waals surface area contributed by atoms with Gasteiger partial charge in [0, 0.05) is 37.0 Å². The summed E-state index contributed by atoms with van der Waals surface area (Å²) in [6.45, 7) is 1.45. The number of aromatic nitrogens is 1. The van der Waals surface area contributed by atoms with E-state index in [9.17, 15) is 14.4 Å². The molecule has 1 aromatic heterocycles. The largest absolute Gasteiger partial charge is 0.355 e. The van der Waals surface area contributed by atoms with Crippen molar-refractivity contribution in [2.24, 2.45) is 5.92 Å². The monoisotopic (exact) mass is 386 g/mol. The molecule has 0 spiro atoms. The van der Waals surface area contributed by atoms with Gasteiger partial charge in [0.1, 0.15) is 5.69 Å². The molecule has 27 heavy (non-hydrogen) atoms. The number of H-pyrrole nitrogens is 1. The van der Waals surface area contributed by atoms with Crippen molar-refractivity contribution in [3.05, 3.63) is 35.0 Å². The van der Waals surface area contributed by atoms with E-state index in [-0.39, 0.29) is 42.1 Å². The molecule has 7 nitrogen and oxygen atoms in total. The van der Waals surface area contributed by atoms with E-state index >= 15 is 0 Å². The number of hydrogen-bond acceptors (Lipinski definition) is 3. The van der Waals surface area contributed by atoms with Crippen LogP contribution in [-0.2, 0) is 9.59 Å². The number of para-hydroxylation sites is 1. The van der Waals surface area contributed by atoms with Gasteiger partial charge in [-0.05, 0) is 12.5 Å². The van der Waals surface area contributed by atoms with Gasteiger partial charge in [-0.25, -0.2) is 0 Å². The number of carbonyl (C=O) groups is 3. The van der Waals surface area contributed by atoms with Gasteiger partial charge in [0.2, 0.25) is 11.8 Å². The molecule has 4 heterocycles. The summed E-state index contributed by atoms with van der Waals surface area (Å²) in [5.74, 6) is -0.433. The molecule has 3 aliphatic rings. The summed E-state index contributed by atoms with van der Waals surface area (Å²) in [7, 11) is 0. The molecule has 3 amide bonds. The molecule has 8 heteroatoms. The molecule has 3 atom stereocenters. The van der Waals surface area contributed by atoms with Crippen molar-refractivity contribution < 1.29 is 14.4 Å². The van der Waals surface area contributed by atoms with Gasteiger partial charge in [-0.3, -0.25) is 14.4 Å². The smallest absolute Gasteiger partial charge is 0.272 e. The summed E-state index contributed by atoms with van der Waals surface area (Å²) in [4.78, 5) is 44.0. The second kappa shape index (κ2) is 5.99. The van der Waals surface area contributed by atoms with Gasteiger partial charge in [0.25, 0.3) is 5.91 Å². The zero-order chi connectivity index (χ0) is 18.7. The SMILES string of the molecule is O=C1C[C@H](C(=O)N2C[C@@H]3C[C@H]2CN3C(=O)c2[nH]c3ccccc3c2Cl)CN1. The lowest BCUT2D eigenvalue weighted by atomic mass is 10.1. The van der Waals surface area contributed by atoms with Crippen LogP contribution in [0.15, 0.2) is 24.3 Å². The van der Waals surface area contributed by atoms with E-state index in [1.807, 2.05) is 34.1 Å². The maximum Gasteiger partial charge on any atom is 0.272 e. The number of benzene rings is 1. The lowest BCUT2D eigenvalue weighted by Gasteiger charge is -2.35. The highest BCUT2D eigenvalue weighted by molar-refractivity contribution is 6.38. The Morgan fingerprint density at radius 2 is 1.85 bits per heavy atom. The number of aromatic amines is 1. The number of halogens is 1. The number of hydrogen-bond donors (Lipinski definition) is 2. The summed E-state index contributed by atoms with van der Waals surface area (Å²) >= 11 is 6.43. The van der Waals surface area contributed by atoms with Crippen LogP contribution < -0.4 is 5.32 Å². The summed E-state index contributed by atoms with van der Waals surface area (Å²) in [5.41, 5.74) is 1.25. The molecule has 2 aromatic rings. The summed E-state index contributed by atoms with van der Waals surface area (Å²) in [6, 6.07) is 7.58. The van der Waals surface area contributed by atoms with Crippen molar-refractivity contribution in [1.29, 1.82) is 0 Å². The third kappa shape index (κ3) is 2.52. The number of rotatable bonds is 2. The van der Waals surface area contributed by atoms with E-state index in [4.69, 9.17) is 11.6 Å². The topological polar surface area (TPSA) is 85.5 Å². The van der Waals surface area contributed by atoms with Gasteiger partial charge >= 0.3 is 0 Å². The Bertz CT molecular complexity index is 971. The molecule has 0 radical (unpaired) electrons. The molecule has 0 aliphatic carbocycles. The third-order valence-corrected chi connectivity index (χ3v) is 6.36. The first kappa shape index (κ1) is 16.6. The zero-order valence-electron chi connectivity index (χ0n) is 14.6. The van der Waals surface area contributed by atoms with Crippen LogP contribution in [0.3, 0.4) is 0 Å². The minimum absolute atomic E-state index is 0.000933. The van der Waals surface area contributed by atoms with Crippen molar-refractivity contribution in [1.82, 2.24) is 20.1 Å². The highest BCUT2D eigenvalue weighted by atomic mass is 35.5. The van der Waals surface area contributed by atoms with Gasteiger partial charge in [0.15, 0.2) is 0 Å². The molecule has 3 saturated heterocycles. The van der Waals surface area contributed by atoms with E-state index in [1.54, 1.807) is 0 Å². The fourth-order valence-corrected chi connectivity index (χ4v) is 4.89. The Kier molecular flexibility index (Phi) is 3.69. The van der Waals surface area contributed by atoms with Crippen LogP contribution in [-0.4, -0.2) is 64.2 Å². The molecule has 2 N–H and O–H groups in total. The van der Waals surface area contributed by atoms with Crippen LogP contribution in [0.1, 0.15) is 23.3 Å². The normalized spacial score (nSPS) is 26.9. The van der Waals surface area contributed by atoms with Crippen LogP contribution >= 0.6 is 11.6 Å². The fourth-order valence-electron chi connectivity index (χ4n) is 4.60. The molecule has 1 aromatic carbocycles. The van der Waals surface area contributed by atoms with Crippen molar-refractivity contribution >= 4 is 40.2 Å². The van der Waals surface area contributed by atoms with E-state index in [1.165, 1.54) is 0 Å². The Hall–Kier alpha value is -2.54. The average Bonchev–Trinajstić information content (AvgIpc) is 3.44. The number of fused-ring (bicyclic) bond motifs is 3. The number of carbonyl (C=O) groups excluding carboxylic acids is 3. The van der Waals surface area contributed by atoms with Crippen molar-refractivity contribution in [2.45, 2.75) is 24.9 Å². The minimum Gasteiger partial charge on any atom is -0.355 e. The maximum atomic E-state index is 13.1. The lowest BCUT2D eigenvalue weighted by molar-refractivity contribution is -0.137. The first-order chi connectivity index (χ1) is 13.0. The van der Waals surface area contributed by atoms with Crippen molar-refractivity contribution in [3.63, 3.8) is 0 Å². The van der Waals surface area contributed by atoms with Crippen molar-refractivity contribution in [2.75, 3.05) is 19.6 Å². The molecule has 0 unspecified atom stereocenters. The predicted octanol–water partition coefficient (Wildman–Crippen LogP) is 1.38. The first-order valence-corrected chi connectivity index (χ1v) is 9.55. The second-order valence-electron chi connectivity index (χ2n) is 7.56. The average molecular weight is 387 g/mol. The molecular weight excluding hydrogens is 368 g/mol. The molecule has 140 valence electrons. The molecule has 3 aliphatic heterocycles.